The standard InChI is InChI=1S/C26H27N3O2/c1-18-9-13-22(14-10-18)29-24(30)17-28(23-8-6-5-7-19(23)2)26(31)25(29)20-11-15-21(16-12-20)27(3)4/h5-16,25H,17H2,1-4H3. The molecule has 5 heteroatoms. The number of amides is 2. The van der Waals surface area contributed by atoms with Crippen molar-refractivity contribution in [3.63, 3.8) is 0 Å². The number of hydrogen-bond donors (Lipinski definition) is 0. The van der Waals surface area contributed by atoms with E-state index >= 15 is 0 Å². The van der Waals surface area contributed by atoms with E-state index in [0.717, 1.165) is 33.8 Å². The number of aryl methyl sites for hydroxylation is 2. The minimum absolute atomic E-state index is 0.0177. The second-order valence-corrected chi connectivity index (χ2v) is 8.20. The smallest absolute Gasteiger partial charge is 0.255 e. The topological polar surface area (TPSA) is 43.9 Å². The van der Waals surface area contributed by atoms with Crippen molar-refractivity contribution >= 4 is 28.9 Å². The Labute approximate surface area is 183 Å². The molecule has 0 saturated carbocycles. The summed E-state index contributed by atoms with van der Waals surface area (Å²) in [5.74, 6) is -0.208. The summed E-state index contributed by atoms with van der Waals surface area (Å²) in [4.78, 5) is 32.5. The quantitative estimate of drug-likeness (QED) is 0.633. The van der Waals surface area contributed by atoms with Crippen LogP contribution in [0.3, 0.4) is 0 Å². The van der Waals surface area contributed by atoms with Gasteiger partial charge in [0.05, 0.1) is 0 Å². The molecule has 0 N–H and O–H groups in total. The maximum absolute atomic E-state index is 13.8. The summed E-state index contributed by atoms with van der Waals surface area (Å²) in [5, 5.41) is 0. The lowest BCUT2D eigenvalue weighted by molar-refractivity contribution is -0.128. The Kier molecular flexibility index (Phi) is 5.51. The predicted molar refractivity (Wildman–Crippen MR) is 126 cm³/mol. The Morgan fingerprint density at radius 2 is 1.48 bits per heavy atom. The number of carbonyl (C=O) groups excluding carboxylic acids is 2. The number of piperazine rings is 1. The Morgan fingerprint density at radius 1 is 0.839 bits per heavy atom. The van der Waals surface area contributed by atoms with Crippen molar-refractivity contribution in [1.29, 1.82) is 0 Å². The van der Waals surface area contributed by atoms with Crippen molar-refractivity contribution in [2.24, 2.45) is 0 Å². The van der Waals surface area contributed by atoms with Gasteiger partial charge in [-0.3, -0.25) is 14.5 Å². The van der Waals surface area contributed by atoms with Gasteiger partial charge < -0.3 is 9.80 Å². The minimum atomic E-state index is -0.722. The first-order valence-corrected chi connectivity index (χ1v) is 10.4. The Balaban J connectivity index is 1.81. The fraction of sp³-hybridized carbons (Fsp3) is 0.231. The van der Waals surface area contributed by atoms with Crippen molar-refractivity contribution in [2.45, 2.75) is 19.9 Å². The molecule has 5 nitrogen and oxygen atoms in total. The molecule has 158 valence electrons. The van der Waals surface area contributed by atoms with Gasteiger partial charge in [-0.1, -0.05) is 48.0 Å². The van der Waals surface area contributed by atoms with Crippen LogP contribution in [0.25, 0.3) is 0 Å². The van der Waals surface area contributed by atoms with E-state index in [1.807, 2.05) is 106 Å². The lowest BCUT2D eigenvalue weighted by Gasteiger charge is -2.41. The van der Waals surface area contributed by atoms with Gasteiger partial charge in [0.15, 0.2) is 0 Å². The molecule has 1 fully saturated rings. The first kappa shape index (κ1) is 20.7. The average molecular weight is 414 g/mol. The van der Waals surface area contributed by atoms with E-state index < -0.39 is 6.04 Å². The van der Waals surface area contributed by atoms with E-state index in [-0.39, 0.29) is 18.4 Å². The molecule has 4 rings (SSSR count). The number of rotatable bonds is 4. The average Bonchev–Trinajstić information content (AvgIpc) is 2.76. The van der Waals surface area contributed by atoms with Crippen LogP contribution in [-0.4, -0.2) is 32.5 Å². The lowest BCUT2D eigenvalue weighted by Crippen LogP contribution is -2.56. The van der Waals surface area contributed by atoms with Crippen LogP contribution in [0.2, 0.25) is 0 Å². The molecule has 0 spiro atoms. The molecule has 0 bridgehead atoms. The van der Waals surface area contributed by atoms with E-state index in [2.05, 4.69) is 0 Å². The third-order valence-corrected chi connectivity index (χ3v) is 5.76. The van der Waals surface area contributed by atoms with E-state index in [1.165, 1.54) is 0 Å². The third-order valence-electron chi connectivity index (χ3n) is 5.76. The highest BCUT2D eigenvalue weighted by Gasteiger charge is 2.42. The molecule has 0 aliphatic carbocycles. The fourth-order valence-corrected chi connectivity index (χ4v) is 4.01. The highest BCUT2D eigenvalue weighted by atomic mass is 16.2. The van der Waals surface area contributed by atoms with E-state index in [4.69, 9.17) is 0 Å². The van der Waals surface area contributed by atoms with Gasteiger partial charge in [0.2, 0.25) is 5.91 Å². The van der Waals surface area contributed by atoms with Crippen molar-refractivity contribution in [3.8, 4) is 0 Å². The zero-order valence-electron chi connectivity index (χ0n) is 18.4. The largest absolute Gasteiger partial charge is 0.378 e. The van der Waals surface area contributed by atoms with Crippen LogP contribution in [0.4, 0.5) is 17.1 Å². The maximum atomic E-state index is 13.8. The summed E-state index contributed by atoms with van der Waals surface area (Å²) in [7, 11) is 3.95. The highest BCUT2D eigenvalue weighted by Crippen LogP contribution is 2.36. The van der Waals surface area contributed by atoms with Gasteiger partial charge in [-0.2, -0.15) is 0 Å². The number of para-hydroxylation sites is 1. The maximum Gasteiger partial charge on any atom is 0.255 e. The minimum Gasteiger partial charge on any atom is -0.378 e. The normalized spacial score (nSPS) is 16.6. The Bertz CT molecular complexity index is 1100. The third kappa shape index (κ3) is 3.91. The summed E-state index contributed by atoms with van der Waals surface area (Å²) in [6.45, 7) is 3.98. The van der Waals surface area contributed by atoms with Crippen LogP contribution in [0.1, 0.15) is 22.7 Å². The fourth-order valence-electron chi connectivity index (χ4n) is 4.01. The molecule has 3 aromatic carbocycles. The summed E-state index contributed by atoms with van der Waals surface area (Å²) in [6.07, 6.45) is 0. The van der Waals surface area contributed by atoms with Crippen LogP contribution < -0.4 is 14.7 Å². The van der Waals surface area contributed by atoms with Crippen LogP contribution in [-0.2, 0) is 9.59 Å². The molecule has 1 unspecified atom stereocenters. The molecule has 0 aromatic heterocycles. The van der Waals surface area contributed by atoms with Crippen molar-refractivity contribution in [3.05, 3.63) is 89.5 Å². The molecular weight excluding hydrogens is 386 g/mol. The first-order chi connectivity index (χ1) is 14.9. The van der Waals surface area contributed by atoms with E-state index in [0.29, 0.717) is 0 Å². The van der Waals surface area contributed by atoms with Gasteiger partial charge in [0, 0.05) is 31.2 Å². The van der Waals surface area contributed by atoms with Crippen LogP contribution in [0.5, 0.6) is 0 Å². The molecule has 0 radical (unpaired) electrons. The predicted octanol–water partition coefficient (Wildman–Crippen LogP) is 4.49. The molecule has 1 saturated heterocycles. The molecule has 1 aliphatic heterocycles. The lowest BCUT2D eigenvalue weighted by atomic mass is 9.98. The Hall–Kier alpha value is -3.60. The Morgan fingerprint density at radius 3 is 2.10 bits per heavy atom. The molecule has 2 amide bonds. The summed E-state index contributed by atoms with van der Waals surface area (Å²) >= 11 is 0. The van der Waals surface area contributed by atoms with Gasteiger partial charge in [0.1, 0.15) is 12.6 Å². The van der Waals surface area contributed by atoms with Gasteiger partial charge in [-0.25, -0.2) is 0 Å². The second kappa shape index (κ2) is 8.26. The van der Waals surface area contributed by atoms with Crippen LogP contribution in [0, 0.1) is 13.8 Å². The monoisotopic (exact) mass is 413 g/mol. The van der Waals surface area contributed by atoms with Crippen LogP contribution >= 0.6 is 0 Å². The van der Waals surface area contributed by atoms with Crippen molar-refractivity contribution < 1.29 is 9.59 Å². The number of carbonyl (C=O) groups is 2. The summed E-state index contributed by atoms with van der Waals surface area (Å²) in [5.41, 5.74) is 5.41. The van der Waals surface area contributed by atoms with Gasteiger partial charge in [-0.15, -0.1) is 0 Å². The van der Waals surface area contributed by atoms with Crippen molar-refractivity contribution in [1.82, 2.24) is 0 Å². The molecular formula is C26H27N3O2. The number of anilines is 3. The number of hydrogen-bond acceptors (Lipinski definition) is 3. The zero-order chi connectivity index (χ0) is 22.1. The van der Waals surface area contributed by atoms with E-state index in [9.17, 15) is 9.59 Å². The number of benzene rings is 3. The molecule has 1 atom stereocenters. The SMILES string of the molecule is Cc1ccc(N2C(=O)CN(c3ccccc3C)C(=O)C2c2ccc(N(C)C)cc2)cc1. The molecule has 3 aromatic rings. The second-order valence-electron chi connectivity index (χ2n) is 8.20. The molecule has 1 aliphatic rings. The highest BCUT2D eigenvalue weighted by molar-refractivity contribution is 6.14. The molecule has 1 heterocycles. The number of nitrogens with zero attached hydrogens (tertiary/aromatic N) is 3. The van der Waals surface area contributed by atoms with Gasteiger partial charge in [-0.05, 0) is 55.3 Å². The summed E-state index contributed by atoms with van der Waals surface area (Å²) in [6, 6.07) is 22.5. The van der Waals surface area contributed by atoms with Crippen molar-refractivity contribution in [2.75, 3.05) is 35.3 Å². The van der Waals surface area contributed by atoms with Gasteiger partial charge in [0.25, 0.3) is 5.91 Å². The zero-order valence-corrected chi connectivity index (χ0v) is 18.4. The molecule has 31 heavy (non-hydrogen) atoms. The van der Waals surface area contributed by atoms with Gasteiger partial charge >= 0.3 is 0 Å². The van der Waals surface area contributed by atoms with Crippen LogP contribution in [0.15, 0.2) is 72.8 Å². The summed E-state index contributed by atoms with van der Waals surface area (Å²) < 4.78 is 0. The van der Waals surface area contributed by atoms with E-state index in [1.54, 1.807) is 9.80 Å². The first-order valence-electron chi connectivity index (χ1n) is 10.4.